The highest BCUT2D eigenvalue weighted by Gasteiger charge is 2.43. The van der Waals surface area contributed by atoms with E-state index in [9.17, 15) is 0 Å². The molecule has 1 saturated heterocycles. The Morgan fingerprint density at radius 2 is 2.00 bits per heavy atom. The summed E-state index contributed by atoms with van der Waals surface area (Å²) >= 11 is 0. The number of hydrogen-bond donors (Lipinski definition) is 1. The van der Waals surface area contributed by atoms with Gasteiger partial charge in [0.25, 0.3) is 0 Å². The second-order valence-corrected chi connectivity index (χ2v) is 7.49. The van der Waals surface area contributed by atoms with Crippen LogP contribution in [-0.4, -0.2) is 30.6 Å². The molecule has 3 aliphatic rings. The largest absolute Gasteiger partial charge is 0.308 e. The van der Waals surface area contributed by atoms with Crippen LogP contribution >= 0.6 is 0 Å². The Bertz CT molecular complexity index is 472. The van der Waals surface area contributed by atoms with Crippen molar-refractivity contribution < 1.29 is 0 Å². The lowest BCUT2D eigenvalue weighted by Crippen LogP contribution is -2.51. The van der Waals surface area contributed by atoms with Crippen LogP contribution in [0.25, 0.3) is 0 Å². The van der Waals surface area contributed by atoms with Gasteiger partial charge >= 0.3 is 0 Å². The Morgan fingerprint density at radius 1 is 1.14 bits per heavy atom. The van der Waals surface area contributed by atoms with E-state index in [2.05, 4.69) is 47.5 Å². The standard InChI is InChI=1S/C19H28N2/c1-14(18-12-15-7-8-17(18)11-15)21-10-9-20-19(13-21)16-5-3-2-4-6-16/h2-6,14-15,17-20H,7-13H2,1H3. The molecule has 2 bridgehead atoms. The Balaban J connectivity index is 1.43. The predicted octanol–water partition coefficient (Wildman–Crippen LogP) is 3.46. The van der Waals surface area contributed by atoms with E-state index in [4.69, 9.17) is 0 Å². The Hall–Kier alpha value is -0.860. The zero-order chi connectivity index (χ0) is 14.2. The number of rotatable bonds is 3. The van der Waals surface area contributed by atoms with Crippen LogP contribution in [0, 0.1) is 17.8 Å². The topological polar surface area (TPSA) is 15.3 Å². The summed E-state index contributed by atoms with van der Waals surface area (Å²) in [6, 6.07) is 12.3. The first-order valence-electron chi connectivity index (χ1n) is 8.83. The number of nitrogens with one attached hydrogen (secondary N) is 1. The van der Waals surface area contributed by atoms with E-state index >= 15 is 0 Å². The van der Waals surface area contributed by atoms with Crippen molar-refractivity contribution in [3.8, 4) is 0 Å². The van der Waals surface area contributed by atoms with Gasteiger partial charge in [-0.3, -0.25) is 4.90 Å². The minimum absolute atomic E-state index is 0.515. The molecule has 4 rings (SSSR count). The van der Waals surface area contributed by atoms with Crippen LogP contribution < -0.4 is 5.32 Å². The first kappa shape index (κ1) is 13.8. The molecular weight excluding hydrogens is 256 g/mol. The van der Waals surface area contributed by atoms with Crippen molar-refractivity contribution in [3.63, 3.8) is 0 Å². The molecule has 0 spiro atoms. The maximum atomic E-state index is 3.70. The lowest BCUT2D eigenvalue weighted by atomic mass is 9.83. The third kappa shape index (κ3) is 2.64. The van der Waals surface area contributed by atoms with Gasteiger partial charge in [0.1, 0.15) is 0 Å². The second-order valence-electron chi connectivity index (χ2n) is 7.49. The molecule has 1 heterocycles. The van der Waals surface area contributed by atoms with Crippen molar-refractivity contribution in [2.24, 2.45) is 17.8 Å². The van der Waals surface area contributed by atoms with Crippen LogP contribution in [0.4, 0.5) is 0 Å². The third-order valence-electron chi connectivity index (χ3n) is 6.40. The van der Waals surface area contributed by atoms with E-state index in [1.807, 2.05) is 0 Å². The number of hydrogen-bond acceptors (Lipinski definition) is 2. The van der Waals surface area contributed by atoms with Crippen LogP contribution in [0.3, 0.4) is 0 Å². The van der Waals surface area contributed by atoms with E-state index in [0.29, 0.717) is 6.04 Å². The van der Waals surface area contributed by atoms with Crippen LogP contribution in [0.1, 0.15) is 44.2 Å². The SMILES string of the molecule is CC(C1CC2CCC1C2)N1CCNC(c2ccccc2)C1. The number of fused-ring (bicyclic) bond motifs is 2. The van der Waals surface area contributed by atoms with E-state index in [0.717, 1.165) is 30.3 Å². The number of nitrogens with zero attached hydrogens (tertiary/aromatic N) is 1. The van der Waals surface area contributed by atoms with Gasteiger partial charge in [0.2, 0.25) is 0 Å². The quantitative estimate of drug-likeness (QED) is 0.914. The molecule has 1 aromatic rings. The van der Waals surface area contributed by atoms with Gasteiger partial charge in [-0.1, -0.05) is 36.8 Å². The molecule has 2 nitrogen and oxygen atoms in total. The Kier molecular flexibility index (Phi) is 3.76. The first-order chi connectivity index (χ1) is 10.3. The summed E-state index contributed by atoms with van der Waals surface area (Å²) in [6.07, 6.45) is 6.06. The van der Waals surface area contributed by atoms with Gasteiger partial charge in [-0.25, -0.2) is 0 Å². The van der Waals surface area contributed by atoms with Crippen molar-refractivity contribution >= 4 is 0 Å². The minimum Gasteiger partial charge on any atom is -0.308 e. The van der Waals surface area contributed by atoms with E-state index in [1.165, 1.54) is 44.3 Å². The molecule has 21 heavy (non-hydrogen) atoms. The van der Waals surface area contributed by atoms with Gasteiger partial charge < -0.3 is 5.32 Å². The van der Waals surface area contributed by atoms with Gasteiger partial charge in [-0.15, -0.1) is 0 Å². The summed E-state index contributed by atoms with van der Waals surface area (Å²) in [6.45, 7) is 6.03. The number of piperazine rings is 1. The summed E-state index contributed by atoms with van der Waals surface area (Å²) in [5, 5.41) is 3.70. The maximum Gasteiger partial charge on any atom is 0.0449 e. The average molecular weight is 284 g/mol. The molecule has 2 saturated carbocycles. The van der Waals surface area contributed by atoms with Crippen molar-refractivity contribution in [2.75, 3.05) is 19.6 Å². The van der Waals surface area contributed by atoms with Gasteiger partial charge in [0.05, 0.1) is 0 Å². The molecule has 114 valence electrons. The maximum absolute atomic E-state index is 3.70. The van der Waals surface area contributed by atoms with Gasteiger partial charge in [-0.05, 0) is 49.5 Å². The molecular formula is C19H28N2. The van der Waals surface area contributed by atoms with Crippen LogP contribution in [0.15, 0.2) is 30.3 Å². The summed E-state index contributed by atoms with van der Waals surface area (Å²) in [5.74, 6) is 3.07. The minimum atomic E-state index is 0.515. The highest BCUT2D eigenvalue weighted by Crippen LogP contribution is 2.50. The smallest absolute Gasteiger partial charge is 0.0449 e. The van der Waals surface area contributed by atoms with Crippen molar-refractivity contribution in [1.29, 1.82) is 0 Å². The van der Waals surface area contributed by atoms with Crippen molar-refractivity contribution in [2.45, 2.75) is 44.7 Å². The predicted molar refractivity (Wildman–Crippen MR) is 87.2 cm³/mol. The fraction of sp³-hybridized carbons (Fsp3) is 0.684. The highest BCUT2D eigenvalue weighted by molar-refractivity contribution is 5.20. The summed E-state index contributed by atoms with van der Waals surface area (Å²) in [4.78, 5) is 2.76. The molecule has 2 aliphatic carbocycles. The fourth-order valence-electron chi connectivity index (χ4n) is 5.21. The van der Waals surface area contributed by atoms with Crippen molar-refractivity contribution in [1.82, 2.24) is 10.2 Å². The molecule has 1 aromatic carbocycles. The van der Waals surface area contributed by atoms with Gasteiger partial charge in [0.15, 0.2) is 0 Å². The van der Waals surface area contributed by atoms with E-state index in [1.54, 1.807) is 0 Å². The van der Waals surface area contributed by atoms with Crippen LogP contribution in [0.5, 0.6) is 0 Å². The molecule has 0 radical (unpaired) electrons. The normalized spacial score (nSPS) is 37.8. The zero-order valence-corrected chi connectivity index (χ0v) is 13.2. The third-order valence-corrected chi connectivity index (χ3v) is 6.40. The molecule has 1 aliphatic heterocycles. The second kappa shape index (κ2) is 5.73. The van der Waals surface area contributed by atoms with Gasteiger partial charge in [-0.2, -0.15) is 0 Å². The Morgan fingerprint density at radius 3 is 2.71 bits per heavy atom. The molecule has 0 aromatic heterocycles. The molecule has 0 amide bonds. The first-order valence-corrected chi connectivity index (χ1v) is 8.83. The number of benzene rings is 1. The summed E-state index contributed by atoms with van der Waals surface area (Å²) in [7, 11) is 0. The molecule has 2 heteroatoms. The average Bonchev–Trinajstić information content (AvgIpc) is 3.18. The fourth-order valence-corrected chi connectivity index (χ4v) is 5.21. The molecule has 5 atom stereocenters. The summed E-state index contributed by atoms with van der Waals surface area (Å²) < 4.78 is 0. The van der Waals surface area contributed by atoms with Crippen LogP contribution in [-0.2, 0) is 0 Å². The Labute approximate surface area is 128 Å². The lowest BCUT2D eigenvalue weighted by molar-refractivity contribution is 0.0890. The zero-order valence-electron chi connectivity index (χ0n) is 13.2. The van der Waals surface area contributed by atoms with E-state index in [-0.39, 0.29) is 0 Å². The lowest BCUT2D eigenvalue weighted by Gasteiger charge is -2.42. The monoisotopic (exact) mass is 284 g/mol. The highest BCUT2D eigenvalue weighted by atomic mass is 15.2. The van der Waals surface area contributed by atoms with E-state index < -0.39 is 0 Å². The van der Waals surface area contributed by atoms with Crippen molar-refractivity contribution in [3.05, 3.63) is 35.9 Å². The van der Waals surface area contributed by atoms with Crippen LogP contribution in [0.2, 0.25) is 0 Å². The van der Waals surface area contributed by atoms with Gasteiger partial charge in [0, 0.05) is 31.7 Å². The molecule has 1 N–H and O–H groups in total. The molecule has 3 fully saturated rings. The summed E-state index contributed by atoms with van der Waals surface area (Å²) in [5.41, 5.74) is 1.45. The molecule has 5 unspecified atom stereocenters.